The molecule has 9 heteroatoms. The average Bonchev–Trinajstić information content (AvgIpc) is 3.26. The average molecular weight is 516 g/mol. The molecular formula is C28H29N5O3S. The molecule has 0 spiro atoms. The number of benzene rings is 2. The molecule has 1 fully saturated rings. The number of nitrogens with zero attached hydrogens (tertiary/aromatic N) is 2. The lowest BCUT2D eigenvalue weighted by Gasteiger charge is -2.35. The monoisotopic (exact) mass is 515 g/mol. The van der Waals surface area contributed by atoms with E-state index in [2.05, 4.69) is 15.6 Å². The van der Waals surface area contributed by atoms with Gasteiger partial charge in [-0.3, -0.25) is 9.69 Å². The molecule has 1 aromatic heterocycles. The molecule has 3 amide bonds. The molecule has 6 rings (SSSR count). The third-order valence-corrected chi connectivity index (χ3v) is 8.59. The van der Waals surface area contributed by atoms with E-state index in [1.54, 1.807) is 11.1 Å². The summed E-state index contributed by atoms with van der Waals surface area (Å²) < 4.78 is 5.97. The number of urea groups is 1. The minimum atomic E-state index is -0.494. The molecule has 1 saturated carbocycles. The summed E-state index contributed by atoms with van der Waals surface area (Å²) in [7, 11) is 0. The number of thioether (sulfide) groups is 1. The van der Waals surface area contributed by atoms with Crippen molar-refractivity contribution in [2.75, 3.05) is 4.90 Å². The standard InChI is InChI=1S/C28H29N5O3S/c1-16-15-18(36-17-7-3-2-4-8-17)11-12-21(16)33-22-13-14-30-27-23(22)24(32-28(33)35)25(37-27)26(34)31-20-10-6-5-9-19(20)29/h2-4,7-8,11-15,19-20,24-25H,5-6,9-10,29H2,1H3,(H,31,34)(H,32,35)/t19-,20-,24?,25?/m1/s1. The fourth-order valence-electron chi connectivity index (χ4n) is 5.43. The highest BCUT2D eigenvalue weighted by atomic mass is 32.2. The van der Waals surface area contributed by atoms with Crippen molar-refractivity contribution in [1.82, 2.24) is 15.6 Å². The number of hydrogen-bond acceptors (Lipinski definition) is 6. The van der Waals surface area contributed by atoms with Gasteiger partial charge in [-0.15, -0.1) is 0 Å². The number of para-hydroxylation sites is 1. The van der Waals surface area contributed by atoms with Gasteiger partial charge in [0.2, 0.25) is 5.91 Å². The number of amides is 3. The van der Waals surface area contributed by atoms with Crippen LogP contribution >= 0.6 is 11.8 Å². The Morgan fingerprint density at radius 3 is 2.70 bits per heavy atom. The first-order valence-electron chi connectivity index (χ1n) is 12.7. The van der Waals surface area contributed by atoms with E-state index in [1.807, 2.05) is 61.5 Å². The summed E-state index contributed by atoms with van der Waals surface area (Å²) in [6, 6.07) is 16.3. The first-order chi connectivity index (χ1) is 18.0. The highest BCUT2D eigenvalue weighted by Gasteiger charge is 2.47. The number of carbonyl (C=O) groups excluding carboxylic acids is 2. The quantitative estimate of drug-likeness (QED) is 0.444. The first kappa shape index (κ1) is 23.8. The minimum Gasteiger partial charge on any atom is -0.457 e. The minimum absolute atomic E-state index is 0.0339. The van der Waals surface area contributed by atoms with Crippen LogP contribution in [-0.2, 0) is 4.79 Å². The molecule has 0 saturated heterocycles. The lowest BCUT2D eigenvalue weighted by Crippen LogP contribution is -2.54. The number of carbonyl (C=O) groups is 2. The normalized spacial score (nSPS) is 24.3. The summed E-state index contributed by atoms with van der Waals surface area (Å²) >= 11 is 1.40. The van der Waals surface area contributed by atoms with E-state index in [-0.39, 0.29) is 24.0 Å². The third kappa shape index (κ3) is 4.42. The molecule has 3 heterocycles. The van der Waals surface area contributed by atoms with Crippen molar-refractivity contribution < 1.29 is 14.3 Å². The Kier molecular flexibility index (Phi) is 6.26. The zero-order valence-electron chi connectivity index (χ0n) is 20.5. The van der Waals surface area contributed by atoms with Crippen LogP contribution in [0.4, 0.5) is 16.2 Å². The number of ether oxygens (including phenoxy) is 1. The van der Waals surface area contributed by atoms with E-state index in [4.69, 9.17) is 10.5 Å². The molecule has 2 aromatic carbocycles. The zero-order chi connectivity index (χ0) is 25.5. The topological polar surface area (TPSA) is 110 Å². The molecule has 0 bridgehead atoms. The molecule has 8 nitrogen and oxygen atoms in total. The maximum atomic E-state index is 13.5. The molecule has 3 aromatic rings. The third-order valence-electron chi connectivity index (χ3n) is 7.30. The van der Waals surface area contributed by atoms with Gasteiger partial charge in [0.05, 0.1) is 17.4 Å². The van der Waals surface area contributed by atoms with Crippen molar-refractivity contribution in [3.05, 3.63) is 71.9 Å². The second-order valence-electron chi connectivity index (χ2n) is 9.78. The van der Waals surface area contributed by atoms with Crippen LogP contribution in [0.2, 0.25) is 0 Å². The lowest BCUT2D eigenvalue weighted by atomic mass is 9.90. The molecule has 4 atom stereocenters. The predicted molar refractivity (Wildman–Crippen MR) is 143 cm³/mol. The molecule has 3 aliphatic rings. The fraction of sp³-hybridized carbons (Fsp3) is 0.321. The molecule has 0 radical (unpaired) electrons. The molecule has 37 heavy (non-hydrogen) atoms. The Balaban J connectivity index is 1.27. The molecule has 4 N–H and O–H groups in total. The van der Waals surface area contributed by atoms with E-state index in [0.29, 0.717) is 5.75 Å². The Morgan fingerprint density at radius 2 is 1.92 bits per heavy atom. The van der Waals surface area contributed by atoms with Crippen LogP contribution in [0.5, 0.6) is 11.5 Å². The van der Waals surface area contributed by atoms with Crippen LogP contribution < -0.4 is 26.0 Å². The maximum Gasteiger partial charge on any atom is 0.327 e. The van der Waals surface area contributed by atoms with Crippen LogP contribution in [0.1, 0.15) is 42.9 Å². The van der Waals surface area contributed by atoms with E-state index < -0.39 is 11.3 Å². The van der Waals surface area contributed by atoms with Crippen molar-refractivity contribution >= 4 is 35.1 Å². The molecule has 190 valence electrons. The van der Waals surface area contributed by atoms with Gasteiger partial charge in [-0.1, -0.05) is 42.8 Å². The van der Waals surface area contributed by atoms with Gasteiger partial charge in [-0.05, 0) is 61.7 Å². The summed E-state index contributed by atoms with van der Waals surface area (Å²) in [5.41, 5.74) is 9.52. The van der Waals surface area contributed by atoms with Gasteiger partial charge in [-0.25, -0.2) is 9.78 Å². The molecule has 2 unspecified atom stereocenters. The Bertz CT molecular complexity index is 1350. The second-order valence-corrected chi connectivity index (χ2v) is 10.9. The molecule has 1 aliphatic carbocycles. The van der Waals surface area contributed by atoms with Gasteiger partial charge in [0, 0.05) is 23.8 Å². The van der Waals surface area contributed by atoms with Gasteiger partial charge >= 0.3 is 6.03 Å². The number of hydrogen-bond donors (Lipinski definition) is 3. The largest absolute Gasteiger partial charge is 0.457 e. The number of rotatable bonds is 5. The number of nitrogens with one attached hydrogen (secondary N) is 2. The number of pyridine rings is 1. The van der Waals surface area contributed by atoms with Crippen LogP contribution in [-0.4, -0.2) is 34.3 Å². The summed E-state index contributed by atoms with van der Waals surface area (Å²) in [5, 5.41) is 6.51. The number of aryl methyl sites for hydroxylation is 1. The zero-order valence-corrected chi connectivity index (χ0v) is 21.3. The van der Waals surface area contributed by atoms with Crippen LogP contribution in [0.3, 0.4) is 0 Å². The van der Waals surface area contributed by atoms with Crippen LogP contribution in [0.25, 0.3) is 0 Å². The number of nitrogens with two attached hydrogens (primary N) is 1. The second kappa shape index (κ2) is 9.72. The van der Waals surface area contributed by atoms with Crippen molar-refractivity contribution in [2.24, 2.45) is 5.73 Å². The lowest BCUT2D eigenvalue weighted by molar-refractivity contribution is -0.122. The Hall–Kier alpha value is -3.56. The number of aromatic nitrogens is 1. The summed E-state index contributed by atoms with van der Waals surface area (Å²) in [6.45, 7) is 1.95. The van der Waals surface area contributed by atoms with Crippen molar-refractivity contribution in [2.45, 2.75) is 61.0 Å². The Labute approximate surface area is 220 Å². The smallest absolute Gasteiger partial charge is 0.327 e. The summed E-state index contributed by atoms with van der Waals surface area (Å²) in [5.74, 6) is 1.33. The van der Waals surface area contributed by atoms with Crippen molar-refractivity contribution in [3.8, 4) is 11.5 Å². The predicted octanol–water partition coefficient (Wildman–Crippen LogP) is 4.95. The van der Waals surface area contributed by atoms with E-state index in [9.17, 15) is 9.59 Å². The van der Waals surface area contributed by atoms with E-state index >= 15 is 0 Å². The molecular weight excluding hydrogens is 486 g/mol. The highest BCUT2D eigenvalue weighted by Crippen LogP contribution is 2.51. The van der Waals surface area contributed by atoms with Gasteiger partial charge in [0.1, 0.15) is 21.8 Å². The van der Waals surface area contributed by atoms with Crippen molar-refractivity contribution in [1.29, 1.82) is 0 Å². The Morgan fingerprint density at radius 1 is 1.11 bits per heavy atom. The molecule has 2 aliphatic heterocycles. The van der Waals surface area contributed by atoms with Gasteiger partial charge in [-0.2, -0.15) is 0 Å². The SMILES string of the molecule is Cc1cc(Oc2ccccc2)ccc1N1C(=O)NC2c3c1ccnc3SC2C(=O)N[C@@H]1CCCC[C@H]1N. The van der Waals surface area contributed by atoms with Gasteiger partial charge in [0.25, 0.3) is 0 Å². The number of anilines is 2. The fourth-order valence-corrected chi connectivity index (χ4v) is 6.67. The van der Waals surface area contributed by atoms with E-state index in [0.717, 1.165) is 59.0 Å². The van der Waals surface area contributed by atoms with Gasteiger partial charge < -0.3 is 21.1 Å². The van der Waals surface area contributed by atoms with Crippen molar-refractivity contribution in [3.63, 3.8) is 0 Å². The van der Waals surface area contributed by atoms with E-state index in [1.165, 1.54) is 11.8 Å². The highest BCUT2D eigenvalue weighted by molar-refractivity contribution is 8.01. The van der Waals surface area contributed by atoms with Crippen LogP contribution in [0, 0.1) is 6.92 Å². The maximum absolute atomic E-state index is 13.5. The summed E-state index contributed by atoms with van der Waals surface area (Å²) in [4.78, 5) is 33.0. The van der Waals surface area contributed by atoms with Crippen LogP contribution in [0.15, 0.2) is 65.8 Å². The van der Waals surface area contributed by atoms with Gasteiger partial charge in [0.15, 0.2) is 0 Å². The first-order valence-corrected chi connectivity index (χ1v) is 13.5. The summed E-state index contributed by atoms with van der Waals surface area (Å²) in [6.07, 6.45) is 5.65.